The number of anilines is 1. The van der Waals surface area contributed by atoms with Gasteiger partial charge in [-0.1, -0.05) is 12.1 Å². The van der Waals surface area contributed by atoms with Gasteiger partial charge in [0.1, 0.15) is 5.82 Å². The van der Waals surface area contributed by atoms with Gasteiger partial charge in [-0.05, 0) is 44.2 Å². The molecule has 0 bridgehead atoms. The summed E-state index contributed by atoms with van der Waals surface area (Å²) in [5, 5.41) is 2.97. The standard InChI is InChI=1S/C19H24N4O2/c20-18-13-22-17(12-23-18)14-6-8-15(9-7-14)19(24)21-10-2-1-4-16-5-3-11-25-16/h6-9,12-13,16H,1-5,10-11H2,(H2,20,23)(H,21,24)/t16-/m1/s1. The fourth-order valence-corrected chi connectivity index (χ4v) is 2.95. The molecule has 1 aliphatic heterocycles. The molecule has 6 nitrogen and oxygen atoms in total. The number of amides is 1. The average Bonchev–Trinajstić information content (AvgIpc) is 3.15. The second-order valence-electron chi connectivity index (χ2n) is 6.29. The topological polar surface area (TPSA) is 90.1 Å². The highest BCUT2D eigenvalue weighted by Crippen LogP contribution is 2.18. The van der Waals surface area contributed by atoms with Crippen LogP contribution >= 0.6 is 0 Å². The molecule has 1 fully saturated rings. The summed E-state index contributed by atoms with van der Waals surface area (Å²) in [6.45, 7) is 1.59. The van der Waals surface area contributed by atoms with E-state index in [0.29, 0.717) is 24.0 Å². The lowest BCUT2D eigenvalue weighted by Crippen LogP contribution is -2.24. The molecule has 1 saturated heterocycles. The fraction of sp³-hybridized carbons (Fsp3) is 0.421. The Hall–Kier alpha value is -2.47. The molecule has 3 N–H and O–H groups in total. The summed E-state index contributed by atoms with van der Waals surface area (Å²) in [6.07, 6.45) is 9.08. The van der Waals surface area contributed by atoms with Gasteiger partial charge in [-0.3, -0.25) is 9.78 Å². The predicted octanol–water partition coefficient (Wildman–Crippen LogP) is 2.80. The number of nitrogens with two attached hydrogens (primary N) is 1. The number of nitrogens with zero attached hydrogens (tertiary/aromatic N) is 2. The minimum absolute atomic E-state index is 0.0490. The van der Waals surface area contributed by atoms with Gasteiger partial charge in [-0.2, -0.15) is 0 Å². The molecule has 2 aromatic rings. The number of nitrogens with one attached hydrogen (secondary N) is 1. The highest BCUT2D eigenvalue weighted by molar-refractivity contribution is 5.94. The number of ether oxygens (including phenoxy) is 1. The summed E-state index contributed by atoms with van der Waals surface area (Å²) < 4.78 is 5.60. The molecule has 0 spiro atoms. The molecular formula is C19H24N4O2. The van der Waals surface area contributed by atoms with Crippen molar-refractivity contribution < 1.29 is 9.53 Å². The van der Waals surface area contributed by atoms with Gasteiger partial charge in [-0.25, -0.2) is 4.98 Å². The predicted molar refractivity (Wildman–Crippen MR) is 97.0 cm³/mol. The summed E-state index contributed by atoms with van der Waals surface area (Å²) in [7, 11) is 0. The van der Waals surface area contributed by atoms with Gasteiger partial charge in [0.05, 0.1) is 24.2 Å². The Morgan fingerprint density at radius 2 is 2.04 bits per heavy atom. The van der Waals surface area contributed by atoms with Gasteiger partial charge in [-0.15, -0.1) is 0 Å². The molecule has 1 aliphatic rings. The van der Waals surface area contributed by atoms with E-state index in [-0.39, 0.29) is 5.91 Å². The van der Waals surface area contributed by atoms with Crippen LogP contribution in [0.4, 0.5) is 5.82 Å². The van der Waals surface area contributed by atoms with E-state index < -0.39 is 0 Å². The number of unbranched alkanes of at least 4 members (excludes halogenated alkanes) is 1. The first-order valence-electron chi connectivity index (χ1n) is 8.80. The zero-order valence-electron chi connectivity index (χ0n) is 14.3. The van der Waals surface area contributed by atoms with Crippen LogP contribution in [0.1, 0.15) is 42.5 Å². The summed E-state index contributed by atoms with van der Waals surface area (Å²) in [6, 6.07) is 7.34. The van der Waals surface area contributed by atoms with E-state index in [9.17, 15) is 4.79 Å². The zero-order chi connectivity index (χ0) is 17.5. The van der Waals surface area contributed by atoms with E-state index in [0.717, 1.165) is 37.1 Å². The largest absolute Gasteiger partial charge is 0.382 e. The molecule has 0 unspecified atom stereocenters. The Labute approximate surface area is 147 Å². The molecule has 132 valence electrons. The van der Waals surface area contributed by atoms with Crippen LogP contribution in [0.2, 0.25) is 0 Å². The van der Waals surface area contributed by atoms with Gasteiger partial charge >= 0.3 is 0 Å². The van der Waals surface area contributed by atoms with Gasteiger partial charge in [0.25, 0.3) is 5.91 Å². The molecular weight excluding hydrogens is 316 g/mol. The zero-order valence-corrected chi connectivity index (χ0v) is 14.3. The highest BCUT2D eigenvalue weighted by atomic mass is 16.5. The van der Waals surface area contributed by atoms with Crippen LogP contribution in [0, 0.1) is 0 Å². The molecule has 25 heavy (non-hydrogen) atoms. The maximum atomic E-state index is 12.2. The number of carbonyl (C=O) groups is 1. The first-order chi connectivity index (χ1) is 12.2. The van der Waals surface area contributed by atoms with Crippen LogP contribution in [-0.4, -0.2) is 35.1 Å². The first-order valence-corrected chi connectivity index (χ1v) is 8.80. The van der Waals surface area contributed by atoms with Gasteiger partial charge < -0.3 is 15.8 Å². The van der Waals surface area contributed by atoms with E-state index in [4.69, 9.17) is 10.5 Å². The van der Waals surface area contributed by atoms with E-state index >= 15 is 0 Å². The van der Waals surface area contributed by atoms with E-state index in [1.165, 1.54) is 19.0 Å². The van der Waals surface area contributed by atoms with Gasteiger partial charge in [0, 0.05) is 24.3 Å². The van der Waals surface area contributed by atoms with Crippen molar-refractivity contribution in [3.05, 3.63) is 42.2 Å². The van der Waals surface area contributed by atoms with Crippen molar-refractivity contribution in [3.63, 3.8) is 0 Å². The lowest BCUT2D eigenvalue weighted by Gasteiger charge is -2.09. The molecule has 1 aromatic heterocycles. The minimum atomic E-state index is -0.0490. The summed E-state index contributed by atoms with van der Waals surface area (Å²) in [4.78, 5) is 20.4. The Bertz CT molecular complexity index is 680. The number of rotatable bonds is 7. The van der Waals surface area contributed by atoms with Gasteiger partial charge in [0.15, 0.2) is 0 Å². The number of hydrogen-bond donors (Lipinski definition) is 2. The van der Waals surface area contributed by atoms with E-state index in [2.05, 4.69) is 15.3 Å². The van der Waals surface area contributed by atoms with E-state index in [1.54, 1.807) is 18.3 Å². The third kappa shape index (κ3) is 5.00. The molecule has 1 aromatic carbocycles. The molecule has 0 radical (unpaired) electrons. The fourth-order valence-electron chi connectivity index (χ4n) is 2.95. The second kappa shape index (κ2) is 8.58. The van der Waals surface area contributed by atoms with Crippen molar-refractivity contribution in [1.29, 1.82) is 0 Å². The highest BCUT2D eigenvalue weighted by Gasteiger charge is 2.14. The molecule has 1 atom stereocenters. The minimum Gasteiger partial charge on any atom is -0.382 e. The van der Waals surface area contributed by atoms with E-state index in [1.807, 2.05) is 12.1 Å². The molecule has 0 saturated carbocycles. The van der Waals surface area contributed by atoms with Crippen molar-refractivity contribution in [2.45, 2.75) is 38.2 Å². The second-order valence-corrected chi connectivity index (χ2v) is 6.29. The molecule has 6 heteroatoms. The van der Waals surface area contributed by atoms with Crippen LogP contribution in [0.5, 0.6) is 0 Å². The van der Waals surface area contributed by atoms with Crippen molar-refractivity contribution in [3.8, 4) is 11.3 Å². The van der Waals surface area contributed by atoms with Crippen molar-refractivity contribution in [2.75, 3.05) is 18.9 Å². The van der Waals surface area contributed by atoms with Gasteiger partial charge in [0.2, 0.25) is 0 Å². The monoisotopic (exact) mass is 340 g/mol. The summed E-state index contributed by atoms with van der Waals surface area (Å²) in [5.41, 5.74) is 7.82. The Morgan fingerprint density at radius 3 is 2.72 bits per heavy atom. The normalized spacial score (nSPS) is 16.7. The average molecular weight is 340 g/mol. The molecule has 0 aliphatic carbocycles. The Balaban J connectivity index is 1.43. The number of hydrogen-bond acceptors (Lipinski definition) is 5. The van der Waals surface area contributed by atoms with Crippen LogP contribution in [0.15, 0.2) is 36.7 Å². The van der Waals surface area contributed by atoms with Crippen molar-refractivity contribution in [2.24, 2.45) is 0 Å². The smallest absolute Gasteiger partial charge is 0.251 e. The lowest BCUT2D eigenvalue weighted by molar-refractivity contribution is 0.0947. The Morgan fingerprint density at radius 1 is 1.20 bits per heavy atom. The first kappa shape index (κ1) is 17.4. The van der Waals surface area contributed by atoms with Crippen LogP contribution in [0.25, 0.3) is 11.3 Å². The third-order valence-corrected chi connectivity index (χ3v) is 4.38. The molecule has 2 heterocycles. The summed E-state index contributed by atoms with van der Waals surface area (Å²) >= 11 is 0. The SMILES string of the molecule is Nc1cnc(-c2ccc(C(=O)NCCCC[C@@H]3CCCO3)cc2)cn1. The number of nitrogen functional groups attached to an aromatic ring is 1. The Kier molecular flexibility index (Phi) is 5.95. The number of benzene rings is 1. The molecule has 3 rings (SSSR count). The quantitative estimate of drug-likeness (QED) is 0.757. The van der Waals surface area contributed by atoms with Crippen molar-refractivity contribution >= 4 is 11.7 Å². The van der Waals surface area contributed by atoms with Crippen LogP contribution in [0.3, 0.4) is 0 Å². The maximum absolute atomic E-state index is 12.2. The number of aromatic nitrogens is 2. The van der Waals surface area contributed by atoms with Crippen LogP contribution in [-0.2, 0) is 4.74 Å². The molecule has 1 amide bonds. The van der Waals surface area contributed by atoms with Crippen molar-refractivity contribution in [1.82, 2.24) is 15.3 Å². The summed E-state index contributed by atoms with van der Waals surface area (Å²) in [5.74, 6) is 0.339. The van der Waals surface area contributed by atoms with Crippen LogP contribution < -0.4 is 11.1 Å². The maximum Gasteiger partial charge on any atom is 0.251 e. The lowest BCUT2D eigenvalue weighted by atomic mass is 10.1. The third-order valence-electron chi connectivity index (χ3n) is 4.38. The number of carbonyl (C=O) groups excluding carboxylic acids is 1.